The zero-order valence-electron chi connectivity index (χ0n) is 78.2. The van der Waals surface area contributed by atoms with Crippen LogP contribution in [0.5, 0.6) is 0 Å². The molecule has 6 aliphatic rings. The molecule has 674 valence electrons. The highest BCUT2D eigenvalue weighted by Gasteiger charge is 2.27. The van der Waals surface area contributed by atoms with E-state index in [2.05, 4.69) is 221 Å². The van der Waals surface area contributed by atoms with Crippen LogP contribution in [0.15, 0.2) is 132 Å². The first-order chi connectivity index (χ1) is 58.0. The average Bonchev–Trinajstić information content (AvgIpc) is 0.786. The lowest BCUT2D eigenvalue weighted by Crippen LogP contribution is -2.39. The van der Waals surface area contributed by atoms with Gasteiger partial charge in [-0.1, -0.05) is 226 Å². The molecule has 0 saturated carbocycles. The topological polar surface area (TPSA) is 270 Å². The molecule has 23 heteroatoms. The Morgan fingerprint density at radius 1 is 0.407 bits per heavy atom. The van der Waals surface area contributed by atoms with Crippen LogP contribution in [0, 0.1) is 87.5 Å². The Labute approximate surface area is 747 Å². The lowest BCUT2D eigenvalue weighted by Gasteiger charge is -2.30. The highest BCUT2D eigenvalue weighted by atomic mass is 35.5. The van der Waals surface area contributed by atoms with E-state index >= 15 is 0 Å². The number of benzene rings is 4. The van der Waals surface area contributed by atoms with Gasteiger partial charge in [0.05, 0.1) is 47.4 Å². The monoisotopic (exact) mass is 1700 g/mol. The summed E-state index contributed by atoms with van der Waals surface area (Å²) in [6.45, 7) is 64.5. The first-order valence-corrected chi connectivity index (χ1v) is 44.0. The molecule has 0 bridgehead atoms. The molecule has 4 aromatic carbocycles. The summed E-state index contributed by atoms with van der Waals surface area (Å²) in [4.78, 5) is 87.2. The van der Waals surface area contributed by atoms with E-state index in [0.717, 1.165) is 217 Å². The number of ketones is 1. The summed E-state index contributed by atoms with van der Waals surface area (Å²) < 4.78 is 0. The molecular weight excluding hydrogens is 1550 g/mol. The van der Waals surface area contributed by atoms with Crippen molar-refractivity contribution in [3.8, 4) is 0 Å². The molecular formula is C100H155ClN20O2. The molecule has 1 fully saturated rings. The van der Waals surface area contributed by atoms with Crippen LogP contribution < -0.4 is 21.5 Å². The maximum Gasteiger partial charge on any atom is 0.254 e. The lowest BCUT2D eigenvalue weighted by molar-refractivity contribution is -0.126. The van der Waals surface area contributed by atoms with Gasteiger partial charge in [0, 0.05) is 125 Å². The fraction of sp³-hybridized carbons (Fsp3) is 0.500. The van der Waals surface area contributed by atoms with Gasteiger partial charge in [0.1, 0.15) is 46.5 Å². The minimum atomic E-state index is 0. The number of aryl methyl sites for hydroxylation is 11. The summed E-state index contributed by atoms with van der Waals surface area (Å²) in [6, 6.07) is 42.0. The van der Waals surface area contributed by atoms with E-state index in [-0.39, 0.29) is 44.6 Å². The number of Topliss-reactive ketones (excluding diaryl/α,β-unsaturated/α-hetero) is 1. The molecule has 12 heterocycles. The maximum absolute atomic E-state index is 11.8. The normalized spacial score (nSPS) is 14.2. The van der Waals surface area contributed by atoms with Crippen molar-refractivity contribution in [2.24, 2.45) is 11.7 Å². The molecule has 0 aliphatic carbocycles. The Bertz CT molecular complexity index is 4590. The second-order valence-electron chi connectivity index (χ2n) is 29.1. The quantitative estimate of drug-likeness (QED) is 0.0772. The van der Waals surface area contributed by atoms with Crippen molar-refractivity contribution in [1.29, 1.82) is 5.41 Å². The van der Waals surface area contributed by atoms with Gasteiger partial charge in [-0.2, -0.15) is 0 Å². The van der Waals surface area contributed by atoms with Crippen molar-refractivity contribution >= 4 is 29.8 Å². The summed E-state index contributed by atoms with van der Waals surface area (Å²) in [6.07, 6.45) is 7.86. The Morgan fingerprint density at radius 2 is 0.724 bits per heavy atom. The van der Waals surface area contributed by atoms with Crippen LogP contribution in [0.1, 0.15) is 260 Å². The van der Waals surface area contributed by atoms with E-state index in [1.807, 2.05) is 162 Å². The van der Waals surface area contributed by atoms with E-state index in [1.165, 1.54) is 68.5 Å². The number of nitrogens with zero attached hydrogens (tertiary/aromatic N) is 16. The third-order valence-corrected chi connectivity index (χ3v) is 20.0. The number of hydrogen-bond acceptors (Lipinski definition) is 20. The fourth-order valence-corrected chi connectivity index (χ4v) is 14.7. The molecule has 6 aromatic heterocycles. The van der Waals surface area contributed by atoms with Crippen molar-refractivity contribution in [3.05, 3.63) is 280 Å². The number of H-pyrrole nitrogens is 1. The molecule has 1 unspecified atom stereocenters. The van der Waals surface area contributed by atoms with Gasteiger partial charge in [0.15, 0.2) is 0 Å². The number of halogens is 1. The van der Waals surface area contributed by atoms with Gasteiger partial charge >= 0.3 is 0 Å². The van der Waals surface area contributed by atoms with Crippen molar-refractivity contribution in [2.75, 3.05) is 50.7 Å². The number of aromatic nitrogens is 12. The number of aromatic amines is 1. The second-order valence-corrected chi connectivity index (χ2v) is 29.1. The number of hydrogen-bond donors (Lipinski definition) is 4. The molecule has 5 N–H and O–H groups in total. The van der Waals surface area contributed by atoms with Gasteiger partial charge in [-0.15, -0.1) is 12.4 Å². The first-order valence-electron chi connectivity index (χ1n) is 44.0. The zero-order chi connectivity index (χ0) is 88.8. The smallest absolute Gasteiger partial charge is 0.254 e. The average molecular weight is 1700 g/mol. The Balaban J connectivity index is 0.000000713. The number of nitrogens with one attached hydrogen (secondary N) is 3. The number of fused-ring (bicyclic) bond motifs is 5. The number of carbonyl (C=O) groups is 1. The predicted molar refractivity (Wildman–Crippen MR) is 517 cm³/mol. The number of rotatable bonds is 9. The molecule has 1 atom stereocenters. The van der Waals surface area contributed by atoms with Gasteiger partial charge in [0.25, 0.3) is 5.56 Å². The van der Waals surface area contributed by atoms with E-state index in [0.29, 0.717) is 18.2 Å². The van der Waals surface area contributed by atoms with E-state index in [4.69, 9.17) is 11.1 Å². The van der Waals surface area contributed by atoms with E-state index < -0.39 is 0 Å². The summed E-state index contributed by atoms with van der Waals surface area (Å²) in [5.74, 6) is 6.85. The molecule has 1 saturated heterocycles. The molecule has 123 heavy (non-hydrogen) atoms. The Hall–Kier alpha value is -9.81. The van der Waals surface area contributed by atoms with Crippen LogP contribution >= 0.6 is 12.4 Å². The zero-order valence-corrected chi connectivity index (χ0v) is 79.0. The molecule has 0 amide bonds. The first kappa shape index (κ1) is 111. The number of carbonyl (C=O) groups excluding carboxylic acids is 1. The highest BCUT2D eigenvalue weighted by Crippen LogP contribution is 2.28. The third kappa shape index (κ3) is 37.3. The third-order valence-electron chi connectivity index (χ3n) is 20.0. The molecule has 0 spiro atoms. The van der Waals surface area contributed by atoms with Crippen LogP contribution in [0.3, 0.4) is 0 Å². The molecule has 0 radical (unpaired) electrons. The van der Waals surface area contributed by atoms with Crippen LogP contribution in [0.4, 0.5) is 5.82 Å². The number of piperidine rings is 1. The number of likely N-dealkylation sites (tertiary alicyclic amines) is 1. The minimum absolute atomic E-state index is 0. The number of anilines is 1. The summed E-state index contributed by atoms with van der Waals surface area (Å²) >= 11 is 0. The molecule has 6 aliphatic heterocycles. The predicted octanol–water partition coefficient (Wildman–Crippen LogP) is 19.6. The fourth-order valence-electron chi connectivity index (χ4n) is 14.7. The molecule has 10 aromatic rings. The van der Waals surface area contributed by atoms with Crippen molar-refractivity contribution < 1.29 is 4.79 Å². The van der Waals surface area contributed by atoms with Gasteiger partial charge in [-0.25, -0.2) is 54.8 Å². The van der Waals surface area contributed by atoms with E-state index in [9.17, 15) is 9.59 Å². The van der Waals surface area contributed by atoms with Gasteiger partial charge in [-0.3, -0.25) is 34.6 Å². The second kappa shape index (κ2) is 60.7. The van der Waals surface area contributed by atoms with Crippen molar-refractivity contribution in [3.63, 3.8) is 0 Å². The van der Waals surface area contributed by atoms with Gasteiger partial charge in [0.2, 0.25) is 0 Å². The van der Waals surface area contributed by atoms with Crippen LogP contribution in [-0.4, -0.2) is 137 Å². The minimum Gasteiger partial charge on any atom is -0.388 e. The molecule has 22 nitrogen and oxygen atoms in total. The van der Waals surface area contributed by atoms with Crippen molar-refractivity contribution in [2.45, 2.75) is 285 Å². The number of amidine groups is 1. The maximum atomic E-state index is 11.8. The summed E-state index contributed by atoms with van der Waals surface area (Å²) in [7, 11) is 0. The van der Waals surface area contributed by atoms with Crippen LogP contribution in [0.2, 0.25) is 0 Å². The summed E-state index contributed by atoms with van der Waals surface area (Å²) in [5, 5.41) is 9.58. The van der Waals surface area contributed by atoms with Gasteiger partial charge in [-0.05, 0) is 179 Å². The van der Waals surface area contributed by atoms with Crippen LogP contribution in [0.25, 0.3) is 0 Å². The van der Waals surface area contributed by atoms with Crippen LogP contribution in [-0.2, 0) is 95.8 Å². The SMILES string of the molecule is C.C.CC.CC.CC.CC.CC.CC.CC(=N)N.CC1CCN(Cc2ccccc2)CC1=O.Cc1nc(C)c2c(n1)CN(Cc1ccccc1)CC2.Cc1nc(C)c2c(n1)CN(Cc1ccccc1)CC2.Cc1nc(C)c2c(n1)CN(c1nc(C)ncc1C)CC2.Cc1nc(C)c2c(n1)CNCC2.Cc1nc2c(c(=O)[nH]1)CCN(Cc1ccccc1)C2.Cl. The standard InChI is InChI=1S/2C16H19N3.C15H19N5.C15H17N3O.C13H17NO.C9H13N3.C2H6N2.6C2H6.2CH4.ClH/c2*1-12-15-8-9-19(10-14-6-4-3-5-7-14)11-16(15)18-13(2)17-12;1-9-7-16-11(3)19-15(9)20-6-5-13-10(2)17-12(4)18-14(13)8-20;1-11-16-14-10-18(8-7-13(14)15(19)17-11)9-12-5-3-2-4-6-12;1-11-7-8-14(10-13(11)15)9-12-5-3-2-4-6-12;1-6-8-3-4-10-5-9(8)12-7(2)11-6;1-2(3)4;6*1-2;;;/h2*3-7H,8-11H2,1-2H3;7H,5-6,8H2,1-4H3;2-6H,7-10H2,1H3,(H,16,17,19);2-6,11H,7-10H2,1H3;10H,3-5H2,1-2H3;1H3,(H3,3,4);6*1-2H3;2*1H4;1H. The Kier molecular flexibility index (Phi) is 54.9. The number of nitrogens with two attached hydrogens (primary N) is 1. The largest absolute Gasteiger partial charge is 0.388 e. The molecule has 16 rings (SSSR count). The van der Waals surface area contributed by atoms with Gasteiger partial charge < -0.3 is 20.9 Å². The lowest BCUT2D eigenvalue weighted by atomic mass is 9.97. The Morgan fingerprint density at radius 3 is 1.09 bits per heavy atom. The summed E-state index contributed by atoms with van der Waals surface area (Å²) in [5.41, 5.74) is 27.6. The highest BCUT2D eigenvalue weighted by molar-refractivity contribution is 5.85. The van der Waals surface area contributed by atoms with E-state index in [1.54, 1.807) is 0 Å². The van der Waals surface area contributed by atoms with Crippen molar-refractivity contribution in [1.82, 2.24) is 84.7 Å².